The van der Waals surface area contributed by atoms with Gasteiger partial charge in [0.2, 0.25) is 0 Å². The second kappa shape index (κ2) is 7.46. The summed E-state index contributed by atoms with van der Waals surface area (Å²) in [6, 6.07) is 1.54. The Labute approximate surface area is 133 Å². The van der Waals surface area contributed by atoms with E-state index in [4.69, 9.17) is 0 Å². The van der Waals surface area contributed by atoms with Crippen molar-refractivity contribution in [3.63, 3.8) is 0 Å². The molecule has 2 aliphatic rings. The Morgan fingerprint density at radius 2 is 1.67 bits per heavy atom. The van der Waals surface area contributed by atoms with Gasteiger partial charge in [0.15, 0.2) is 0 Å². The lowest BCUT2D eigenvalue weighted by molar-refractivity contribution is 0.0411. The third-order valence-corrected chi connectivity index (χ3v) is 6.19. The first-order valence-electron chi connectivity index (χ1n) is 9.43. The average molecular weight is 295 g/mol. The summed E-state index contributed by atoms with van der Waals surface area (Å²) in [6.45, 7) is 15.7. The Morgan fingerprint density at radius 1 is 1.00 bits per heavy atom. The fourth-order valence-electron chi connectivity index (χ4n) is 4.60. The van der Waals surface area contributed by atoms with Crippen molar-refractivity contribution in [2.45, 2.75) is 85.2 Å². The maximum Gasteiger partial charge on any atom is 0.0251 e. The van der Waals surface area contributed by atoms with Gasteiger partial charge < -0.3 is 5.32 Å². The van der Waals surface area contributed by atoms with E-state index in [9.17, 15) is 0 Å². The molecule has 2 rings (SSSR count). The van der Waals surface area contributed by atoms with Crippen LogP contribution in [0, 0.1) is 17.3 Å². The van der Waals surface area contributed by atoms with Gasteiger partial charge in [0.05, 0.1) is 0 Å². The van der Waals surface area contributed by atoms with Gasteiger partial charge in [-0.05, 0) is 69.0 Å². The molecule has 0 aromatic rings. The largest absolute Gasteiger partial charge is 0.313 e. The van der Waals surface area contributed by atoms with Gasteiger partial charge in [0, 0.05) is 12.1 Å². The molecule has 1 heterocycles. The molecular formula is C19H38N2. The van der Waals surface area contributed by atoms with Crippen LogP contribution in [0.2, 0.25) is 0 Å². The van der Waals surface area contributed by atoms with Crippen molar-refractivity contribution < 1.29 is 0 Å². The van der Waals surface area contributed by atoms with Crippen LogP contribution in [0.25, 0.3) is 0 Å². The van der Waals surface area contributed by atoms with Gasteiger partial charge in [-0.2, -0.15) is 0 Å². The smallest absolute Gasteiger partial charge is 0.0251 e. The third-order valence-electron chi connectivity index (χ3n) is 6.19. The maximum absolute atomic E-state index is 3.78. The fourth-order valence-corrected chi connectivity index (χ4v) is 4.60. The van der Waals surface area contributed by atoms with Crippen LogP contribution in [0.4, 0.5) is 0 Å². The molecule has 0 spiro atoms. The highest BCUT2D eigenvalue weighted by Gasteiger charge is 2.36. The molecule has 3 unspecified atom stereocenters. The first-order chi connectivity index (χ1) is 9.95. The van der Waals surface area contributed by atoms with Crippen molar-refractivity contribution in [1.82, 2.24) is 10.2 Å². The number of rotatable bonds is 4. The molecule has 21 heavy (non-hydrogen) atoms. The Hall–Kier alpha value is -0.0800. The molecule has 0 amide bonds. The number of likely N-dealkylation sites (N-methyl/N-ethyl adjacent to an activating group) is 1. The molecule has 124 valence electrons. The summed E-state index contributed by atoms with van der Waals surface area (Å²) in [5, 5.41) is 3.78. The quantitative estimate of drug-likeness (QED) is 0.831. The average Bonchev–Trinajstić information content (AvgIpc) is 2.47. The van der Waals surface area contributed by atoms with Gasteiger partial charge in [0.25, 0.3) is 0 Å². The second-order valence-electron chi connectivity index (χ2n) is 8.50. The van der Waals surface area contributed by atoms with Crippen LogP contribution in [0.1, 0.15) is 73.1 Å². The van der Waals surface area contributed by atoms with Crippen LogP contribution in [0.5, 0.6) is 0 Å². The van der Waals surface area contributed by atoms with Crippen molar-refractivity contribution in [1.29, 1.82) is 0 Å². The van der Waals surface area contributed by atoms with Crippen molar-refractivity contribution in [2.24, 2.45) is 17.3 Å². The van der Waals surface area contributed by atoms with Crippen molar-refractivity contribution in [3.05, 3.63) is 0 Å². The lowest BCUT2D eigenvalue weighted by Crippen LogP contribution is -2.55. The molecule has 3 atom stereocenters. The first kappa shape index (κ1) is 17.3. The fraction of sp³-hybridized carbons (Fsp3) is 1.00. The Kier molecular flexibility index (Phi) is 6.14. The molecule has 2 fully saturated rings. The van der Waals surface area contributed by atoms with Gasteiger partial charge in [0.1, 0.15) is 0 Å². The van der Waals surface area contributed by atoms with Crippen LogP contribution in [0.15, 0.2) is 0 Å². The minimum absolute atomic E-state index is 0.492. The molecule has 0 aromatic carbocycles. The summed E-state index contributed by atoms with van der Waals surface area (Å²) >= 11 is 0. The zero-order valence-corrected chi connectivity index (χ0v) is 15.1. The lowest BCUT2D eigenvalue weighted by atomic mass is 9.74. The van der Waals surface area contributed by atoms with E-state index >= 15 is 0 Å². The highest BCUT2D eigenvalue weighted by molar-refractivity contribution is 4.93. The predicted molar refractivity (Wildman–Crippen MR) is 92.6 cm³/mol. The molecule has 2 heteroatoms. The molecular weight excluding hydrogens is 256 g/mol. The van der Waals surface area contributed by atoms with Crippen LogP contribution in [0.3, 0.4) is 0 Å². The van der Waals surface area contributed by atoms with E-state index in [0.29, 0.717) is 5.41 Å². The highest BCUT2D eigenvalue weighted by atomic mass is 15.2. The van der Waals surface area contributed by atoms with E-state index in [1.165, 1.54) is 51.6 Å². The van der Waals surface area contributed by atoms with E-state index in [2.05, 4.69) is 44.8 Å². The summed E-state index contributed by atoms with van der Waals surface area (Å²) in [5.74, 6) is 1.88. The maximum atomic E-state index is 3.78. The van der Waals surface area contributed by atoms with Crippen LogP contribution in [-0.2, 0) is 0 Å². The van der Waals surface area contributed by atoms with Gasteiger partial charge in [-0.1, -0.05) is 41.0 Å². The van der Waals surface area contributed by atoms with E-state index in [1.807, 2.05) is 0 Å². The van der Waals surface area contributed by atoms with Gasteiger partial charge in [-0.3, -0.25) is 4.90 Å². The van der Waals surface area contributed by atoms with Gasteiger partial charge in [-0.15, -0.1) is 0 Å². The standard InChI is InChI=1S/C19H38N2/c1-6-15-8-9-17(20-7-2)18(14-15)21-12-10-16(11-13-21)19(3,4)5/h15-18,20H,6-14H2,1-5H3. The third kappa shape index (κ3) is 4.45. The minimum Gasteiger partial charge on any atom is -0.313 e. The zero-order chi connectivity index (χ0) is 15.5. The molecule has 1 aliphatic heterocycles. The number of nitrogens with zero attached hydrogens (tertiary/aromatic N) is 1. The summed E-state index contributed by atoms with van der Waals surface area (Å²) in [6.07, 6.45) is 8.41. The number of piperidine rings is 1. The Balaban J connectivity index is 1.94. The Morgan fingerprint density at radius 3 is 2.19 bits per heavy atom. The van der Waals surface area contributed by atoms with Crippen molar-refractivity contribution >= 4 is 0 Å². The van der Waals surface area contributed by atoms with Crippen LogP contribution >= 0.6 is 0 Å². The van der Waals surface area contributed by atoms with Gasteiger partial charge >= 0.3 is 0 Å². The second-order valence-corrected chi connectivity index (χ2v) is 8.50. The van der Waals surface area contributed by atoms with Crippen molar-refractivity contribution in [2.75, 3.05) is 19.6 Å². The van der Waals surface area contributed by atoms with Crippen LogP contribution < -0.4 is 5.32 Å². The number of hydrogen-bond acceptors (Lipinski definition) is 2. The van der Waals surface area contributed by atoms with E-state index in [0.717, 1.165) is 30.5 Å². The predicted octanol–water partition coefficient (Wildman–Crippen LogP) is 4.30. The molecule has 1 saturated heterocycles. The molecule has 0 radical (unpaired) electrons. The topological polar surface area (TPSA) is 15.3 Å². The van der Waals surface area contributed by atoms with Crippen molar-refractivity contribution in [3.8, 4) is 0 Å². The number of hydrogen-bond donors (Lipinski definition) is 1. The Bertz CT molecular complexity index is 299. The molecule has 2 nitrogen and oxygen atoms in total. The summed E-state index contributed by atoms with van der Waals surface area (Å²) in [5.41, 5.74) is 0.492. The number of likely N-dealkylation sites (tertiary alicyclic amines) is 1. The summed E-state index contributed by atoms with van der Waals surface area (Å²) in [4.78, 5) is 2.83. The SMILES string of the molecule is CCNC1CCC(CC)CC1N1CCC(C(C)(C)C)CC1. The summed E-state index contributed by atoms with van der Waals surface area (Å²) in [7, 11) is 0. The van der Waals surface area contributed by atoms with E-state index in [1.54, 1.807) is 0 Å². The molecule has 0 bridgehead atoms. The highest BCUT2D eigenvalue weighted by Crippen LogP contribution is 2.37. The molecule has 1 aliphatic carbocycles. The van der Waals surface area contributed by atoms with E-state index in [-0.39, 0.29) is 0 Å². The van der Waals surface area contributed by atoms with Gasteiger partial charge in [-0.25, -0.2) is 0 Å². The molecule has 1 saturated carbocycles. The lowest BCUT2D eigenvalue weighted by Gasteiger charge is -2.47. The number of nitrogens with one attached hydrogen (secondary N) is 1. The molecule has 1 N–H and O–H groups in total. The monoisotopic (exact) mass is 294 g/mol. The molecule has 0 aromatic heterocycles. The van der Waals surface area contributed by atoms with Crippen LogP contribution in [-0.4, -0.2) is 36.6 Å². The van der Waals surface area contributed by atoms with E-state index < -0.39 is 0 Å². The normalized spacial score (nSPS) is 33.3. The summed E-state index contributed by atoms with van der Waals surface area (Å²) < 4.78 is 0. The zero-order valence-electron chi connectivity index (χ0n) is 15.1. The minimum atomic E-state index is 0.492. The first-order valence-corrected chi connectivity index (χ1v) is 9.43.